The molecular weight excluding hydrogens is 348 g/mol. The summed E-state index contributed by atoms with van der Waals surface area (Å²) in [6.45, 7) is 2.95. The lowest BCUT2D eigenvalue weighted by atomic mass is 10.2. The van der Waals surface area contributed by atoms with E-state index in [1.54, 1.807) is 12.3 Å². The predicted octanol–water partition coefficient (Wildman–Crippen LogP) is 3.49. The Labute approximate surface area is 148 Å². The Balaban J connectivity index is 1.60. The van der Waals surface area contributed by atoms with E-state index < -0.39 is 5.76 Å². The lowest BCUT2D eigenvalue weighted by molar-refractivity contribution is 0.102. The number of nitrogens with one attached hydrogen (secondary N) is 1. The van der Waals surface area contributed by atoms with Gasteiger partial charge in [0.15, 0.2) is 0 Å². The Morgan fingerprint density at radius 2 is 1.88 bits per heavy atom. The zero-order chi connectivity index (χ0) is 17.6. The fraction of sp³-hybridized carbons (Fsp3) is 0.294. The van der Waals surface area contributed by atoms with Gasteiger partial charge in [-0.05, 0) is 36.4 Å². The first kappa shape index (κ1) is 17.6. The van der Waals surface area contributed by atoms with E-state index in [9.17, 15) is 13.6 Å². The number of thioether (sulfide) groups is 1. The summed E-state index contributed by atoms with van der Waals surface area (Å²) in [4.78, 5) is 19.1. The third kappa shape index (κ3) is 4.90. The molecule has 0 atom stereocenters. The highest BCUT2D eigenvalue weighted by atomic mass is 32.2. The van der Waals surface area contributed by atoms with Crippen molar-refractivity contribution in [3.05, 3.63) is 48.2 Å². The molecule has 1 aromatic carbocycles. The molecule has 1 aliphatic rings. The van der Waals surface area contributed by atoms with Crippen molar-refractivity contribution in [3.8, 4) is 0 Å². The normalized spacial score (nSPS) is 14.6. The lowest BCUT2D eigenvalue weighted by Gasteiger charge is -2.27. The maximum atomic E-state index is 12.3. The number of anilines is 2. The maximum Gasteiger partial charge on any atom is 0.288 e. The van der Waals surface area contributed by atoms with Gasteiger partial charge in [-0.25, -0.2) is 4.98 Å². The van der Waals surface area contributed by atoms with E-state index >= 15 is 0 Å². The largest absolute Gasteiger partial charge is 0.378 e. The average Bonchev–Trinajstić information content (AvgIpc) is 2.63. The summed E-state index contributed by atoms with van der Waals surface area (Å²) in [6.07, 6.45) is 1.60. The summed E-state index contributed by atoms with van der Waals surface area (Å²) in [6, 6.07) is 9.70. The molecule has 8 heteroatoms. The highest BCUT2D eigenvalue weighted by Gasteiger charge is 2.13. The number of halogens is 2. The number of pyridine rings is 1. The first-order valence-corrected chi connectivity index (χ1v) is 8.65. The quantitative estimate of drug-likeness (QED) is 0.822. The summed E-state index contributed by atoms with van der Waals surface area (Å²) in [5.74, 6) is -1.94. The van der Waals surface area contributed by atoms with Crippen LogP contribution >= 0.6 is 11.8 Å². The van der Waals surface area contributed by atoms with Crippen LogP contribution in [0.25, 0.3) is 0 Å². The smallest absolute Gasteiger partial charge is 0.288 e. The molecule has 1 saturated heterocycles. The summed E-state index contributed by atoms with van der Waals surface area (Å²) in [7, 11) is 0. The minimum Gasteiger partial charge on any atom is -0.378 e. The first-order chi connectivity index (χ1) is 12.1. The number of carbonyl (C=O) groups is 1. The number of amides is 1. The first-order valence-electron chi connectivity index (χ1n) is 7.77. The zero-order valence-corrected chi connectivity index (χ0v) is 14.1. The molecule has 0 aliphatic carbocycles. The molecule has 1 fully saturated rings. The molecule has 2 heterocycles. The number of nitrogens with zero attached hydrogens (tertiary/aromatic N) is 2. The van der Waals surface area contributed by atoms with Crippen LogP contribution in [0.15, 0.2) is 47.5 Å². The molecule has 0 spiro atoms. The molecular formula is C17H17F2N3O2S. The van der Waals surface area contributed by atoms with Crippen molar-refractivity contribution in [2.24, 2.45) is 0 Å². The molecule has 0 radical (unpaired) electrons. The molecule has 5 nitrogen and oxygen atoms in total. The second-order valence-corrected chi connectivity index (χ2v) is 6.42. The predicted molar refractivity (Wildman–Crippen MR) is 93.5 cm³/mol. The highest BCUT2D eigenvalue weighted by Crippen LogP contribution is 2.25. The Morgan fingerprint density at radius 3 is 2.48 bits per heavy atom. The van der Waals surface area contributed by atoms with Crippen molar-refractivity contribution >= 4 is 29.2 Å². The standard InChI is InChI=1S/C17H17F2N3O2S/c18-17(19)25-14-4-1-12(2-5-14)16(23)21-13-3-6-15(20-11-13)22-7-9-24-10-8-22/h1-6,11,17H,7-10H2,(H,21,23). The molecule has 1 N–H and O–H groups in total. The Hall–Kier alpha value is -2.19. The second-order valence-electron chi connectivity index (χ2n) is 5.36. The number of alkyl halides is 2. The van der Waals surface area contributed by atoms with Gasteiger partial charge in [0.25, 0.3) is 11.7 Å². The van der Waals surface area contributed by atoms with Crippen LogP contribution in [0.5, 0.6) is 0 Å². The van der Waals surface area contributed by atoms with Crippen LogP contribution in [0.3, 0.4) is 0 Å². The van der Waals surface area contributed by atoms with Gasteiger partial charge in [-0.2, -0.15) is 8.78 Å². The van der Waals surface area contributed by atoms with Crippen LogP contribution in [-0.2, 0) is 4.74 Å². The second kappa shape index (κ2) is 8.26. The van der Waals surface area contributed by atoms with E-state index in [0.29, 0.717) is 41.1 Å². The molecule has 25 heavy (non-hydrogen) atoms. The summed E-state index contributed by atoms with van der Waals surface area (Å²) < 4.78 is 29.9. The average molecular weight is 365 g/mol. The van der Waals surface area contributed by atoms with E-state index in [1.165, 1.54) is 24.3 Å². The summed E-state index contributed by atoms with van der Waals surface area (Å²) in [5.41, 5.74) is 0.976. The summed E-state index contributed by atoms with van der Waals surface area (Å²) >= 11 is 0.449. The van der Waals surface area contributed by atoms with E-state index in [4.69, 9.17) is 4.74 Å². The van der Waals surface area contributed by atoms with Gasteiger partial charge in [-0.3, -0.25) is 4.79 Å². The number of aromatic nitrogens is 1. The minimum absolute atomic E-state index is 0.311. The Bertz CT molecular complexity index is 705. The highest BCUT2D eigenvalue weighted by molar-refractivity contribution is 7.99. The molecule has 3 rings (SSSR count). The van der Waals surface area contributed by atoms with Gasteiger partial charge in [0.1, 0.15) is 5.82 Å². The third-order valence-corrected chi connectivity index (χ3v) is 4.40. The van der Waals surface area contributed by atoms with Gasteiger partial charge in [-0.15, -0.1) is 0 Å². The number of rotatable bonds is 5. The molecule has 0 unspecified atom stereocenters. The van der Waals surface area contributed by atoms with Crippen molar-refractivity contribution in [3.63, 3.8) is 0 Å². The van der Waals surface area contributed by atoms with Crippen molar-refractivity contribution in [1.29, 1.82) is 0 Å². The van der Waals surface area contributed by atoms with Gasteiger partial charge < -0.3 is 15.0 Å². The van der Waals surface area contributed by atoms with E-state index in [2.05, 4.69) is 15.2 Å². The van der Waals surface area contributed by atoms with Gasteiger partial charge in [0.05, 0.1) is 25.1 Å². The Kier molecular flexibility index (Phi) is 5.83. The SMILES string of the molecule is O=C(Nc1ccc(N2CCOCC2)nc1)c1ccc(SC(F)F)cc1. The topological polar surface area (TPSA) is 54.5 Å². The minimum atomic E-state index is -2.48. The van der Waals surface area contributed by atoms with Crippen molar-refractivity contribution in [1.82, 2.24) is 4.98 Å². The molecule has 1 aromatic heterocycles. The molecule has 132 valence electrons. The van der Waals surface area contributed by atoms with Crippen LogP contribution in [0.2, 0.25) is 0 Å². The number of ether oxygens (including phenoxy) is 1. The van der Waals surface area contributed by atoms with Crippen molar-refractivity contribution in [2.45, 2.75) is 10.7 Å². The molecule has 1 aliphatic heterocycles. The lowest BCUT2D eigenvalue weighted by Crippen LogP contribution is -2.36. The summed E-state index contributed by atoms with van der Waals surface area (Å²) in [5, 5.41) is 2.75. The number of benzene rings is 1. The van der Waals surface area contributed by atoms with Crippen LogP contribution in [0.4, 0.5) is 20.3 Å². The number of hydrogen-bond donors (Lipinski definition) is 1. The van der Waals surface area contributed by atoms with Gasteiger partial charge in [-0.1, -0.05) is 11.8 Å². The van der Waals surface area contributed by atoms with Crippen LogP contribution in [0, 0.1) is 0 Å². The van der Waals surface area contributed by atoms with Gasteiger partial charge in [0, 0.05) is 23.5 Å². The van der Waals surface area contributed by atoms with E-state index in [0.717, 1.165) is 18.9 Å². The molecule has 2 aromatic rings. The molecule has 0 saturated carbocycles. The van der Waals surface area contributed by atoms with Crippen molar-refractivity contribution in [2.75, 3.05) is 36.5 Å². The van der Waals surface area contributed by atoms with Crippen LogP contribution < -0.4 is 10.2 Å². The fourth-order valence-electron chi connectivity index (χ4n) is 2.43. The molecule has 1 amide bonds. The number of morpholine rings is 1. The number of hydrogen-bond acceptors (Lipinski definition) is 5. The monoisotopic (exact) mass is 365 g/mol. The number of carbonyl (C=O) groups excluding carboxylic acids is 1. The molecule has 0 bridgehead atoms. The van der Waals surface area contributed by atoms with Gasteiger partial charge >= 0.3 is 0 Å². The fourth-order valence-corrected chi connectivity index (χ4v) is 2.93. The van der Waals surface area contributed by atoms with Crippen LogP contribution in [0.1, 0.15) is 10.4 Å². The van der Waals surface area contributed by atoms with Gasteiger partial charge in [0.2, 0.25) is 0 Å². The van der Waals surface area contributed by atoms with E-state index in [-0.39, 0.29) is 5.91 Å². The zero-order valence-electron chi connectivity index (χ0n) is 13.3. The third-order valence-electron chi connectivity index (χ3n) is 3.68. The van der Waals surface area contributed by atoms with Crippen LogP contribution in [-0.4, -0.2) is 43.0 Å². The maximum absolute atomic E-state index is 12.3. The Morgan fingerprint density at radius 1 is 1.16 bits per heavy atom. The van der Waals surface area contributed by atoms with Crippen molar-refractivity contribution < 1.29 is 18.3 Å². The van der Waals surface area contributed by atoms with E-state index in [1.807, 2.05) is 6.07 Å².